The van der Waals surface area contributed by atoms with E-state index in [1.54, 1.807) is 0 Å². The zero-order chi connectivity index (χ0) is 17.1. The molecular weight excluding hydrogens is 304 g/mol. The van der Waals surface area contributed by atoms with Crippen LogP contribution in [0.3, 0.4) is 0 Å². The normalized spacial score (nSPS) is 16.8. The lowest BCUT2D eigenvalue weighted by Gasteiger charge is -2.20. The molecule has 0 saturated carbocycles. The fourth-order valence-corrected chi connectivity index (χ4v) is 3.78. The van der Waals surface area contributed by atoms with Crippen molar-refractivity contribution in [1.29, 1.82) is 0 Å². The van der Waals surface area contributed by atoms with E-state index in [1.165, 1.54) is 60.1 Å². The van der Waals surface area contributed by atoms with E-state index >= 15 is 0 Å². The average Bonchev–Trinajstić information content (AvgIpc) is 2.86. The largest absolute Gasteiger partial charge is 0.305 e. The van der Waals surface area contributed by atoms with Crippen molar-refractivity contribution >= 4 is 10.8 Å². The predicted octanol–water partition coefficient (Wildman–Crippen LogP) is 4.64. The minimum atomic E-state index is 1.06. The average molecular weight is 330 g/mol. The van der Waals surface area contributed by atoms with Crippen molar-refractivity contribution < 1.29 is 0 Å². The van der Waals surface area contributed by atoms with Gasteiger partial charge in [0.25, 0.3) is 0 Å². The molecule has 2 nitrogen and oxygen atoms in total. The van der Waals surface area contributed by atoms with Gasteiger partial charge in [-0.25, -0.2) is 0 Å². The lowest BCUT2D eigenvalue weighted by atomic mass is 9.97. The summed E-state index contributed by atoms with van der Waals surface area (Å²) in [6.07, 6.45) is 1.27. The van der Waals surface area contributed by atoms with Gasteiger partial charge in [-0.15, -0.1) is 0 Å². The Balaban J connectivity index is 1.53. The Hall–Kier alpha value is -2.16. The molecule has 1 saturated heterocycles. The molecule has 0 atom stereocenters. The van der Waals surface area contributed by atoms with Crippen molar-refractivity contribution in [3.63, 3.8) is 0 Å². The molecule has 0 aromatic heterocycles. The molecule has 0 N–H and O–H groups in total. The van der Waals surface area contributed by atoms with Gasteiger partial charge >= 0.3 is 0 Å². The van der Waals surface area contributed by atoms with Gasteiger partial charge in [0.1, 0.15) is 0 Å². The zero-order valence-corrected chi connectivity index (χ0v) is 15.0. The topological polar surface area (TPSA) is 6.48 Å². The highest BCUT2D eigenvalue weighted by Crippen LogP contribution is 2.28. The van der Waals surface area contributed by atoms with Crippen LogP contribution in [-0.4, -0.2) is 43.0 Å². The first-order valence-electron chi connectivity index (χ1n) is 9.27. The molecule has 25 heavy (non-hydrogen) atoms. The second-order valence-corrected chi connectivity index (χ2v) is 7.16. The van der Waals surface area contributed by atoms with E-state index in [1.807, 2.05) is 0 Å². The van der Waals surface area contributed by atoms with Crippen LogP contribution in [0, 0.1) is 0 Å². The van der Waals surface area contributed by atoms with Gasteiger partial charge in [-0.3, -0.25) is 4.90 Å². The standard InChI is InChI=1S/C23H26N2/c1-24-14-5-15-25(17-16-24)18-19-10-12-21(13-11-19)23-9-4-7-20-6-2-3-8-22(20)23/h2-4,6-13H,5,14-18H2,1H3. The summed E-state index contributed by atoms with van der Waals surface area (Å²) >= 11 is 0. The van der Waals surface area contributed by atoms with Gasteiger partial charge in [0.05, 0.1) is 0 Å². The van der Waals surface area contributed by atoms with Gasteiger partial charge < -0.3 is 4.90 Å². The maximum Gasteiger partial charge on any atom is 0.0234 e. The van der Waals surface area contributed by atoms with Crippen molar-refractivity contribution in [1.82, 2.24) is 9.80 Å². The van der Waals surface area contributed by atoms with Crippen LogP contribution in [0.15, 0.2) is 66.7 Å². The van der Waals surface area contributed by atoms with E-state index < -0.39 is 0 Å². The van der Waals surface area contributed by atoms with Crippen molar-refractivity contribution in [3.05, 3.63) is 72.3 Å². The quantitative estimate of drug-likeness (QED) is 0.690. The highest BCUT2D eigenvalue weighted by Gasteiger charge is 2.12. The van der Waals surface area contributed by atoms with E-state index in [4.69, 9.17) is 0 Å². The molecule has 0 aliphatic carbocycles. The molecule has 3 aromatic rings. The summed E-state index contributed by atoms with van der Waals surface area (Å²) in [4.78, 5) is 5.01. The number of benzene rings is 3. The van der Waals surface area contributed by atoms with Crippen LogP contribution >= 0.6 is 0 Å². The van der Waals surface area contributed by atoms with E-state index in [2.05, 4.69) is 83.6 Å². The summed E-state index contributed by atoms with van der Waals surface area (Å²) in [6, 6.07) is 24.3. The third-order valence-electron chi connectivity index (χ3n) is 5.27. The summed E-state index contributed by atoms with van der Waals surface area (Å²) in [5.74, 6) is 0. The Morgan fingerprint density at radius 1 is 0.760 bits per heavy atom. The summed E-state index contributed by atoms with van der Waals surface area (Å²) in [5, 5.41) is 2.63. The maximum absolute atomic E-state index is 2.58. The second-order valence-electron chi connectivity index (χ2n) is 7.16. The van der Waals surface area contributed by atoms with Crippen LogP contribution in [0.4, 0.5) is 0 Å². The van der Waals surface area contributed by atoms with Crippen molar-refractivity contribution in [3.8, 4) is 11.1 Å². The van der Waals surface area contributed by atoms with Crippen LogP contribution < -0.4 is 0 Å². The minimum Gasteiger partial charge on any atom is -0.305 e. The summed E-state index contributed by atoms with van der Waals surface area (Å²) in [5.41, 5.74) is 4.03. The Bertz CT molecular complexity index is 833. The highest BCUT2D eigenvalue weighted by atomic mass is 15.2. The Labute approximate surface area is 150 Å². The molecule has 1 aliphatic heterocycles. The van der Waals surface area contributed by atoms with E-state index in [-0.39, 0.29) is 0 Å². The number of nitrogens with zero attached hydrogens (tertiary/aromatic N) is 2. The van der Waals surface area contributed by atoms with Gasteiger partial charge in [-0.05, 0) is 54.0 Å². The number of hydrogen-bond acceptors (Lipinski definition) is 2. The van der Waals surface area contributed by atoms with Gasteiger partial charge in [-0.1, -0.05) is 66.7 Å². The molecule has 0 spiro atoms. The highest BCUT2D eigenvalue weighted by molar-refractivity contribution is 5.96. The molecule has 0 radical (unpaired) electrons. The molecule has 2 heteroatoms. The second kappa shape index (κ2) is 7.38. The first-order valence-corrected chi connectivity index (χ1v) is 9.27. The Morgan fingerprint density at radius 3 is 2.44 bits per heavy atom. The summed E-state index contributed by atoms with van der Waals surface area (Å²) < 4.78 is 0. The van der Waals surface area contributed by atoms with E-state index in [0.29, 0.717) is 0 Å². The molecule has 0 bridgehead atoms. The maximum atomic E-state index is 2.58. The fourth-order valence-electron chi connectivity index (χ4n) is 3.78. The molecule has 128 valence electrons. The van der Waals surface area contributed by atoms with Gasteiger partial charge in [-0.2, -0.15) is 0 Å². The molecule has 3 aromatic carbocycles. The summed E-state index contributed by atoms with van der Waals surface area (Å²) in [6.45, 7) is 5.82. The fraction of sp³-hybridized carbons (Fsp3) is 0.304. The van der Waals surface area contributed by atoms with Crippen LogP contribution in [0.25, 0.3) is 21.9 Å². The van der Waals surface area contributed by atoms with Crippen molar-refractivity contribution in [2.75, 3.05) is 33.2 Å². The van der Waals surface area contributed by atoms with Crippen LogP contribution in [0.5, 0.6) is 0 Å². The number of fused-ring (bicyclic) bond motifs is 1. The minimum absolute atomic E-state index is 1.06. The zero-order valence-electron chi connectivity index (χ0n) is 15.0. The molecular formula is C23H26N2. The number of rotatable bonds is 3. The first-order chi connectivity index (χ1) is 12.3. The molecule has 0 amide bonds. The number of hydrogen-bond donors (Lipinski definition) is 0. The molecule has 4 rings (SSSR count). The van der Waals surface area contributed by atoms with E-state index in [0.717, 1.165) is 6.54 Å². The number of likely N-dealkylation sites (N-methyl/N-ethyl adjacent to an activating group) is 1. The first kappa shape index (κ1) is 16.3. The van der Waals surface area contributed by atoms with E-state index in [9.17, 15) is 0 Å². The van der Waals surface area contributed by atoms with Gasteiger partial charge in [0, 0.05) is 19.6 Å². The van der Waals surface area contributed by atoms with Gasteiger partial charge in [0.15, 0.2) is 0 Å². The Kier molecular flexibility index (Phi) is 4.82. The Morgan fingerprint density at radius 2 is 1.56 bits per heavy atom. The smallest absolute Gasteiger partial charge is 0.0234 e. The summed E-state index contributed by atoms with van der Waals surface area (Å²) in [7, 11) is 2.22. The molecule has 1 aliphatic rings. The van der Waals surface area contributed by atoms with Crippen LogP contribution in [0.1, 0.15) is 12.0 Å². The lowest BCUT2D eigenvalue weighted by molar-refractivity contribution is 0.269. The van der Waals surface area contributed by atoms with Crippen LogP contribution in [0.2, 0.25) is 0 Å². The molecule has 1 heterocycles. The SMILES string of the molecule is CN1CCCN(Cc2ccc(-c3cccc4ccccc34)cc2)CC1. The predicted molar refractivity (Wildman–Crippen MR) is 107 cm³/mol. The van der Waals surface area contributed by atoms with Crippen molar-refractivity contribution in [2.24, 2.45) is 0 Å². The van der Waals surface area contributed by atoms with Crippen molar-refractivity contribution in [2.45, 2.75) is 13.0 Å². The molecule has 1 fully saturated rings. The van der Waals surface area contributed by atoms with Gasteiger partial charge in [0.2, 0.25) is 0 Å². The molecule has 0 unspecified atom stereocenters. The third-order valence-corrected chi connectivity index (χ3v) is 5.27. The monoisotopic (exact) mass is 330 g/mol. The lowest BCUT2D eigenvalue weighted by Crippen LogP contribution is -2.28. The third kappa shape index (κ3) is 3.76. The van der Waals surface area contributed by atoms with Crippen LogP contribution in [-0.2, 0) is 6.54 Å².